The second-order valence-corrected chi connectivity index (χ2v) is 10.2. The summed E-state index contributed by atoms with van der Waals surface area (Å²) in [6.45, 7) is 1.84. The van der Waals surface area contributed by atoms with Crippen LogP contribution in [0.1, 0.15) is 15.7 Å². The molecule has 0 bridgehead atoms. The highest BCUT2D eigenvalue weighted by Crippen LogP contribution is 2.45. The van der Waals surface area contributed by atoms with Crippen LogP contribution in [0.15, 0.2) is 51.8 Å². The van der Waals surface area contributed by atoms with E-state index >= 15 is 0 Å². The lowest BCUT2D eigenvalue weighted by atomic mass is 10.2. The molecule has 1 saturated heterocycles. The molecule has 23 heavy (non-hydrogen) atoms. The zero-order valence-electron chi connectivity index (χ0n) is 12.4. The van der Waals surface area contributed by atoms with E-state index in [2.05, 4.69) is 15.9 Å². The number of hydrogen-bond acceptors (Lipinski definition) is 5. The van der Waals surface area contributed by atoms with Crippen molar-refractivity contribution in [2.75, 3.05) is 11.5 Å². The first kappa shape index (κ1) is 17.2. The third-order valence-electron chi connectivity index (χ3n) is 3.40. The van der Waals surface area contributed by atoms with E-state index in [9.17, 15) is 8.42 Å². The minimum absolute atomic E-state index is 0.157. The standard InChI is InChI=1S/C16H15BrO3S3/c1-11-10-14(6-7-15(11)17)23(18,19)20-13-4-2-12(3-5-13)16-21-8-9-22-16/h2-7,10,16H,8-9H2,1H3. The van der Waals surface area contributed by atoms with Gasteiger partial charge in [0.15, 0.2) is 0 Å². The van der Waals surface area contributed by atoms with Gasteiger partial charge >= 0.3 is 10.1 Å². The quantitative estimate of drug-likeness (QED) is 0.638. The van der Waals surface area contributed by atoms with Crippen molar-refractivity contribution in [2.24, 2.45) is 0 Å². The van der Waals surface area contributed by atoms with Gasteiger partial charge in [-0.05, 0) is 48.4 Å². The number of rotatable bonds is 4. The minimum atomic E-state index is -3.82. The zero-order valence-corrected chi connectivity index (χ0v) is 16.4. The monoisotopic (exact) mass is 430 g/mol. The van der Waals surface area contributed by atoms with Crippen LogP contribution < -0.4 is 4.18 Å². The molecule has 0 aliphatic carbocycles. The molecule has 1 aliphatic rings. The Hall–Kier alpha value is -0.630. The second-order valence-electron chi connectivity index (χ2n) is 5.09. The largest absolute Gasteiger partial charge is 0.379 e. The van der Waals surface area contributed by atoms with Gasteiger partial charge in [0.2, 0.25) is 0 Å². The van der Waals surface area contributed by atoms with Crippen LogP contribution in [0.2, 0.25) is 0 Å². The molecule has 3 nitrogen and oxygen atoms in total. The maximum absolute atomic E-state index is 12.4. The molecule has 0 unspecified atom stereocenters. The molecule has 3 rings (SSSR count). The Morgan fingerprint density at radius 1 is 1.09 bits per heavy atom. The average Bonchev–Trinajstić information content (AvgIpc) is 3.04. The highest BCUT2D eigenvalue weighted by atomic mass is 79.9. The smallest absolute Gasteiger partial charge is 0.339 e. The Bertz CT molecular complexity index is 798. The molecular weight excluding hydrogens is 416 g/mol. The molecule has 1 aliphatic heterocycles. The first-order chi connectivity index (χ1) is 11.0. The van der Waals surface area contributed by atoms with Crippen molar-refractivity contribution < 1.29 is 12.6 Å². The van der Waals surface area contributed by atoms with Crippen LogP contribution >= 0.6 is 39.5 Å². The van der Waals surface area contributed by atoms with Gasteiger partial charge in [0.05, 0.1) is 4.58 Å². The molecule has 2 aromatic rings. The summed E-state index contributed by atoms with van der Waals surface area (Å²) in [5, 5.41) is 0. The summed E-state index contributed by atoms with van der Waals surface area (Å²) in [6.07, 6.45) is 0. The number of hydrogen-bond donors (Lipinski definition) is 0. The summed E-state index contributed by atoms with van der Waals surface area (Å²) < 4.78 is 31.3. The Balaban J connectivity index is 1.78. The van der Waals surface area contributed by atoms with Crippen molar-refractivity contribution >= 4 is 49.6 Å². The van der Waals surface area contributed by atoms with Crippen LogP contribution in [0, 0.1) is 6.92 Å². The van der Waals surface area contributed by atoms with Gasteiger partial charge < -0.3 is 4.18 Å². The molecule has 0 amide bonds. The Kier molecular flexibility index (Phi) is 5.30. The van der Waals surface area contributed by atoms with Gasteiger partial charge in [0, 0.05) is 16.0 Å². The number of thioether (sulfide) groups is 2. The van der Waals surface area contributed by atoms with Crippen molar-refractivity contribution in [2.45, 2.75) is 16.4 Å². The van der Waals surface area contributed by atoms with Crippen molar-refractivity contribution in [1.82, 2.24) is 0 Å². The Morgan fingerprint density at radius 3 is 2.35 bits per heavy atom. The summed E-state index contributed by atoms with van der Waals surface area (Å²) >= 11 is 7.19. The van der Waals surface area contributed by atoms with E-state index in [-0.39, 0.29) is 4.90 Å². The van der Waals surface area contributed by atoms with E-state index in [0.717, 1.165) is 21.5 Å². The molecule has 0 radical (unpaired) electrons. The maximum Gasteiger partial charge on any atom is 0.339 e. The SMILES string of the molecule is Cc1cc(S(=O)(=O)Oc2ccc(C3SCCS3)cc2)ccc1Br. The number of halogens is 1. The van der Waals surface area contributed by atoms with Gasteiger partial charge in [-0.15, -0.1) is 23.5 Å². The van der Waals surface area contributed by atoms with E-state index in [4.69, 9.17) is 4.18 Å². The highest BCUT2D eigenvalue weighted by Gasteiger charge is 2.20. The van der Waals surface area contributed by atoms with Gasteiger partial charge in [-0.2, -0.15) is 8.42 Å². The van der Waals surface area contributed by atoms with Crippen molar-refractivity contribution in [1.29, 1.82) is 0 Å². The number of aryl methyl sites for hydroxylation is 1. The van der Waals surface area contributed by atoms with Crippen molar-refractivity contribution in [3.8, 4) is 5.75 Å². The summed E-state index contributed by atoms with van der Waals surface area (Å²) in [6, 6.07) is 12.2. The molecule has 0 saturated carbocycles. The highest BCUT2D eigenvalue weighted by molar-refractivity contribution is 9.10. The van der Waals surface area contributed by atoms with Crippen LogP contribution in [-0.4, -0.2) is 19.9 Å². The van der Waals surface area contributed by atoms with E-state index in [1.807, 2.05) is 42.6 Å². The maximum atomic E-state index is 12.4. The molecule has 1 heterocycles. The van der Waals surface area contributed by atoms with Crippen LogP contribution in [0.5, 0.6) is 5.75 Å². The average molecular weight is 431 g/mol. The van der Waals surface area contributed by atoms with Gasteiger partial charge in [-0.1, -0.05) is 28.1 Å². The molecule has 2 aromatic carbocycles. The normalized spacial score (nSPS) is 15.7. The van der Waals surface area contributed by atoms with E-state index in [1.165, 1.54) is 11.6 Å². The summed E-state index contributed by atoms with van der Waals surface area (Å²) in [7, 11) is -3.82. The van der Waals surface area contributed by atoms with Gasteiger partial charge in [0.25, 0.3) is 0 Å². The lowest BCUT2D eigenvalue weighted by molar-refractivity contribution is 0.486. The first-order valence-electron chi connectivity index (χ1n) is 6.99. The Labute approximate surface area is 153 Å². The van der Waals surface area contributed by atoms with Crippen LogP contribution in [-0.2, 0) is 10.1 Å². The fourth-order valence-electron chi connectivity index (χ4n) is 2.18. The van der Waals surface area contributed by atoms with Gasteiger partial charge in [-0.25, -0.2) is 0 Å². The molecule has 1 fully saturated rings. The lowest BCUT2D eigenvalue weighted by Crippen LogP contribution is -2.10. The van der Waals surface area contributed by atoms with Crippen LogP contribution in [0.25, 0.3) is 0 Å². The first-order valence-corrected chi connectivity index (χ1v) is 11.3. The third-order valence-corrected chi connectivity index (χ3v) is 8.64. The molecule has 0 spiro atoms. The third kappa shape index (κ3) is 4.07. The predicted octanol–water partition coefficient (Wildman–Crippen LogP) is 5.00. The topological polar surface area (TPSA) is 43.4 Å². The molecule has 122 valence electrons. The zero-order chi connectivity index (χ0) is 16.4. The fourth-order valence-corrected chi connectivity index (χ4v) is 6.30. The Morgan fingerprint density at radius 2 is 1.74 bits per heavy atom. The number of benzene rings is 2. The van der Waals surface area contributed by atoms with E-state index in [0.29, 0.717) is 10.3 Å². The summed E-state index contributed by atoms with van der Waals surface area (Å²) in [4.78, 5) is 0.157. The van der Waals surface area contributed by atoms with Gasteiger partial charge in [-0.3, -0.25) is 0 Å². The van der Waals surface area contributed by atoms with Gasteiger partial charge in [0.1, 0.15) is 10.6 Å². The minimum Gasteiger partial charge on any atom is -0.379 e. The summed E-state index contributed by atoms with van der Waals surface area (Å²) in [5.41, 5.74) is 2.04. The van der Waals surface area contributed by atoms with Crippen molar-refractivity contribution in [3.05, 3.63) is 58.1 Å². The fraction of sp³-hybridized carbons (Fsp3) is 0.250. The molecule has 0 atom stereocenters. The van der Waals surface area contributed by atoms with E-state index in [1.54, 1.807) is 24.3 Å². The van der Waals surface area contributed by atoms with Crippen LogP contribution in [0.4, 0.5) is 0 Å². The molecular formula is C16H15BrO3S3. The molecule has 0 N–H and O–H groups in total. The predicted molar refractivity (Wildman–Crippen MR) is 101 cm³/mol. The summed E-state index contributed by atoms with van der Waals surface area (Å²) in [5.74, 6) is 2.65. The molecule has 7 heteroatoms. The van der Waals surface area contributed by atoms with Crippen molar-refractivity contribution in [3.63, 3.8) is 0 Å². The molecule has 0 aromatic heterocycles. The van der Waals surface area contributed by atoms with E-state index < -0.39 is 10.1 Å². The van der Waals surface area contributed by atoms with Crippen LogP contribution in [0.3, 0.4) is 0 Å². The second kappa shape index (κ2) is 7.09. The lowest BCUT2D eigenvalue weighted by Gasteiger charge is -2.11.